The van der Waals surface area contributed by atoms with Crippen molar-refractivity contribution in [3.05, 3.63) is 0 Å². The molecule has 0 fully saturated rings. The predicted octanol–water partition coefficient (Wildman–Crippen LogP) is 0.433. The summed E-state index contributed by atoms with van der Waals surface area (Å²) in [6, 6.07) is -0.544. The van der Waals surface area contributed by atoms with E-state index >= 15 is 0 Å². The van der Waals surface area contributed by atoms with Crippen LogP contribution in [0.25, 0.3) is 0 Å². The molecule has 0 bridgehead atoms. The van der Waals surface area contributed by atoms with Crippen molar-refractivity contribution in [2.24, 2.45) is 0 Å². The van der Waals surface area contributed by atoms with Crippen molar-refractivity contribution in [2.75, 3.05) is 27.3 Å². The van der Waals surface area contributed by atoms with E-state index in [0.29, 0.717) is 13.1 Å². The Kier molecular flexibility index (Phi) is 6.70. The lowest BCUT2D eigenvalue weighted by atomic mass is 10.1. The highest BCUT2D eigenvalue weighted by molar-refractivity contribution is 5.82. The van der Waals surface area contributed by atoms with Crippen LogP contribution in [-0.4, -0.2) is 50.2 Å². The van der Waals surface area contributed by atoms with Gasteiger partial charge >= 0.3 is 11.9 Å². The molecule has 0 aliphatic rings. The van der Waals surface area contributed by atoms with Crippen LogP contribution in [0.5, 0.6) is 0 Å². The summed E-state index contributed by atoms with van der Waals surface area (Å²) >= 11 is 0. The Bertz CT molecular complexity index is 213. The van der Waals surface area contributed by atoms with Gasteiger partial charge in [-0.05, 0) is 13.1 Å². The second-order valence-corrected chi connectivity index (χ2v) is 3.04. The maximum absolute atomic E-state index is 11.5. The Labute approximate surface area is 90.3 Å². The zero-order valence-corrected chi connectivity index (χ0v) is 9.78. The van der Waals surface area contributed by atoms with Crippen molar-refractivity contribution < 1.29 is 19.1 Å². The van der Waals surface area contributed by atoms with Crippen LogP contribution in [-0.2, 0) is 19.1 Å². The van der Waals surface area contributed by atoms with Crippen molar-refractivity contribution in [3.63, 3.8) is 0 Å². The normalized spacial score (nSPS) is 12.3. The summed E-state index contributed by atoms with van der Waals surface area (Å²) in [4.78, 5) is 24.4. The van der Waals surface area contributed by atoms with Crippen LogP contribution in [0.15, 0.2) is 0 Å². The number of ether oxygens (including phenoxy) is 2. The summed E-state index contributed by atoms with van der Waals surface area (Å²) in [5, 5.41) is 0. The summed E-state index contributed by atoms with van der Waals surface area (Å²) in [6.45, 7) is 5.23. The summed E-state index contributed by atoms with van der Waals surface area (Å²) < 4.78 is 9.20. The fraction of sp³-hybridized carbons (Fsp3) is 0.800. The second kappa shape index (κ2) is 7.23. The summed E-state index contributed by atoms with van der Waals surface area (Å²) in [7, 11) is 2.62. The third-order valence-corrected chi connectivity index (χ3v) is 2.31. The Morgan fingerprint density at radius 3 is 2.00 bits per heavy atom. The fourth-order valence-electron chi connectivity index (χ4n) is 1.40. The van der Waals surface area contributed by atoms with Crippen molar-refractivity contribution >= 4 is 11.9 Å². The highest BCUT2D eigenvalue weighted by atomic mass is 16.5. The van der Waals surface area contributed by atoms with Crippen LogP contribution >= 0.6 is 0 Å². The first-order valence-corrected chi connectivity index (χ1v) is 4.99. The van der Waals surface area contributed by atoms with Crippen molar-refractivity contribution in [3.8, 4) is 0 Å². The molecule has 0 N–H and O–H groups in total. The molecular formula is C10H19NO4. The number of likely N-dealkylation sites (N-methyl/N-ethyl adjacent to an activating group) is 1. The molecule has 0 saturated heterocycles. The number of hydrogen-bond acceptors (Lipinski definition) is 5. The van der Waals surface area contributed by atoms with Gasteiger partial charge in [0.15, 0.2) is 0 Å². The molecule has 88 valence electrons. The average molecular weight is 217 g/mol. The molecule has 1 atom stereocenters. The number of hydrogen-bond donors (Lipinski definition) is 0. The molecule has 0 amide bonds. The van der Waals surface area contributed by atoms with Gasteiger partial charge in [-0.3, -0.25) is 14.5 Å². The third kappa shape index (κ3) is 4.29. The van der Waals surface area contributed by atoms with Crippen LogP contribution < -0.4 is 0 Å². The predicted molar refractivity (Wildman–Crippen MR) is 55.4 cm³/mol. The Morgan fingerprint density at radius 1 is 1.13 bits per heavy atom. The third-order valence-electron chi connectivity index (χ3n) is 2.31. The SMILES string of the molecule is CCN(CC)[C@H](CC(=O)OC)C(=O)OC. The smallest absolute Gasteiger partial charge is 0.323 e. The molecule has 0 aliphatic heterocycles. The van der Waals surface area contributed by atoms with E-state index in [2.05, 4.69) is 9.47 Å². The quantitative estimate of drug-likeness (QED) is 0.604. The maximum atomic E-state index is 11.5. The van der Waals surface area contributed by atoms with E-state index in [0.717, 1.165) is 0 Å². The molecule has 15 heavy (non-hydrogen) atoms. The Hall–Kier alpha value is -1.10. The number of carbonyl (C=O) groups excluding carboxylic acids is 2. The van der Waals surface area contributed by atoms with Gasteiger partial charge in [0.25, 0.3) is 0 Å². The topological polar surface area (TPSA) is 55.8 Å². The Balaban J connectivity index is 4.56. The molecule has 5 heteroatoms. The van der Waals surface area contributed by atoms with E-state index in [1.54, 1.807) is 0 Å². The van der Waals surface area contributed by atoms with Gasteiger partial charge in [0.2, 0.25) is 0 Å². The zero-order chi connectivity index (χ0) is 11.8. The monoisotopic (exact) mass is 217 g/mol. The van der Waals surface area contributed by atoms with E-state index in [9.17, 15) is 9.59 Å². The number of nitrogens with zero attached hydrogens (tertiary/aromatic N) is 1. The van der Waals surface area contributed by atoms with E-state index < -0.39 is 18.0 Å². The number of methoxy groups -OCH3 is 2. The molecule has 0 aromatic rings. The van der Waals surface area contributed by atoms with Crippen molar-refractivity contribution in [1.29, 1.82) is 0 Å². The van der Waals surface area contributed by atoms with E-state index in [1.807, 2.05) is 18.7 Å². The van der Waals surface area contributed by atoms with Crippen LogP contribution in [0.1, 0.15) is 20.3 Å². The lowest BCUT2D eigenvalue weighted by Crippen LogP contribution is -2.43. The first-order valence-electron chi connectivity index (χ1n) is 4.99. The first-order chi connectivity index (χ1) is 7.10. The molecule has 5 nitrogen and oxygen atoms in total. The zero-order valence-electron chi connectivity index (χ0n) is 9.78. The highest BCUT2D eigenvalue weighted by Crippen LogP contribution is 2.07. The minimum atomic E-state index is -0.544. The fourth-order valence-corrected chi connectivity index (χ4v) is 1.40. The molecule has 0 unspecified atom stereocenters. The first kappa shape index (κ1) is 13.9. The molecule has 0 rings (SSSR count). The van der Waals surface area contributed by atoms with Gasteiger partial charge in [0.1, 0.15) is 6.04 Å². The van der Waals surface area contributed by atoms with Gasteiger partial charge in [-0.15, -0.1) is 0 Å². The molecule has 0 saturated carbocycles. The summed E-state index contributed by atoms with van der Waals surface area (Å²) in [5.41, 5.74) is 0. The molecular weight excluding hydrogens is 198 g/mol. The Morgan fingerprint density at radius 2 is 1.67 bits per heavy atom. The van der Waals surface area contributed by atoms with Gasteiger partial charge in [-0.1, -0.05) is 13.8 Å². The average Bonchev–Trinajstić information content (AvgIpc) is 2.27. The minimum absolute atomic E-state index is 0.0326. The summed E-state index contributed by atoms with van der Waals surface area (Å²) in [6.07, 6.45) is 0.0326. The lowest BCUT2D eigenvalue weighted by molar-refractivity contribution is -0.153. The van der Waals surface area contributed by atoms with E-state index in [-0.39, 0.29) is 6.42 Å². The molecule has 0 aromatic heterocycles. The molecule has 0 heterocycles. The number of carbonyl (C=O) groups is 2. The van der Waals surface area contributed by atoms with Crippen LogP contribution in [0, 0.1) is 0 Å². The van der Waals surface area contributed by atoms with Crippen molar-refractivity contribution in [2.45, 2.75) is 26.3 Å². The van der Waals surface area contributed by atoms with Gasteiger partial charge in [0, 0.05) is 0 Å². The van der Waals surface area contributed by atoms with Gasteiger partial charge < -0.3 is 9.47 Å². The largest absolute Gasteiger partial charge is 0.469 e. The molecule has 0 radical (unpaired) electrons. The number of esters is 2. The van der Waals surface area contributed by atoms with E-state index in [1.165, 1.54) is 14.2 Å². The van der Waals surface area contributed by atoms with Gasteiger partial charge in [-0.25, -0.2) is 0 Å². The van der Waals surface area contributed by atoms with Crippen molar-refractivity contribution in [1.82, 2.24) is 4.90 Å². The van der Waals surface area contributed by atoms with Crippen LogP contribution in [0.4, 0.5) is 0 Å². The minimum Gasteiger partial charge on any atom is -0.469 e. The van der Waals surface area contributed by atoms with Gasteiger partial charge in [-0.2, -0.15) is 0 Å². The maximum Gasteiger partial charge on any atom is 0.323 e. The van der Waals surface area contributed by atoms with E-state index in [4.69, 9.17) is 0 Å². The van der Waals surface area contributed by atoms with Gasteiger partial charge in [0.05, 0.1) is 20.6 Å². The molecule has 0 aliphatic carbocycles. The molecule has 0 aromatic carbocycles. The summed E-state index contributed by atoms with van der Waals surface area (Å²) in [5.74, 6) is -0.804. The molecule has 0 spiro atoms. The lowest BCUT2D eigenvalue weighted by Gasteiger charge is -2.26. The van der Waals surface area contributed by atoms with Crippen LogP contribution in [0.2, 0.25) is 0 Å². The number of rotatable bonds is 6. The van der Waals surface area contributed by atoms with Crippen LogP contribution in [0.3, 0.4) is 0 Å². The standard InChI is InChI=1S/C10H19NO4/c1-5-11(6-2)8(10(13)15-4)7-9(12)14-3/h8H,5-7H2,1-4H3/t8-/m1/s1. The second-order valence-electron chi connectivity index (χ2n) is 3.04. The highest BCUT2D eigenvalue weighted by Gasteiger charge is 2.27.